The van der Waals surface area contributed by atoms with E-state index in [0.717, 1.165) is 25.9 Å². The molecule has 0 spiro atoms. The second-order valence-corrected chi connectivity index (χ2v) is 5.14. The molecular weight excluding hydrogens is 243 g/mol. The van der Waals surface area contributed by atoms with Crippen molar-refractivity contribution < 1.29 is 17.9 Å². The maximum Gasteiger partial charge on any atom is 0.389 e. The highest BCUT2D eigenvalue weighted by atomic mass is 19.4. The largest absolute Gasteiger partial charge is 0.389 e. The smallest absolute Gasteiger partial charge is 0.378 e. The van der Waals surface area contributed by atoms with Crippen LogP contribution in [0, 0.1) is 5.92 Å². The van der Waals surface area contributed by atoms with Gasteiger partial charge in [0.2, 0.25) is 0 Å². The molecule has 0 bridgehead atoms. The molecule has 1 aliphatic rings. The van der Waals surface area contributed by atoms with Gasteiger partial charge in [-0.15, -0.1) is 0 Å². The van der Waals surface area contributed by atoms with E-state index in [1.165, 1.54) is 0 Å². The zero-order chi connectivity index (χ0) is 13.6. The van der Waals surface area contributed by atoms with Crippen LogP contribution in [0.3, 0.4) is 0 Å². The highest BCUT2D eigenvalue weighted by molar-refractivity contribution is 4.83. The fraction of sp³-hybridized carbons (Fsp3) is 1.00. The van der Waals surface area contributed by atoms with Crippen LogP contribution in [-0.4, -0.2) is 32.0 Å². The predicted molar refractivity (Wildman–Crippen MR) is 65.5 cm³/mol. The molecule has 1 atom stereocenters. The molecule has 1 fully saturated rings. The van der Waals surface area contributed by atoms with Gasteiger partial charge in [-0.25, -0.2) is 0 Å². The normalized spacial score (nSPS) is 25.8. The Hall–Kier alpha value is -0.290. The first-order chi connectivity index (χ1) is 8.44. The summed E-state index contributed by atoms with van der Waals surface area (Å²) in [5, 5.41) is 3.13. The Morgan fingerprint density at radius 2 is 2.00 bits per heavy atom. The van der Waals surface area contributed by atoms with E-state index in [2.05, 4.69) is 5.32 Å². The predicted octanol–water partition coefficient (Wildman–Crippen LogP) is 3.51. The van der Waals surface area contributed by atoms with Crippen molar-refractivity contribution >= 4 is 0 Å². The summed E-state index contributed by atoms with van der Waals surface area (Å²) in [6.07, 6.45) is -0.393. The van der Waals surface area contributed by atoms with Gasteiger partial charge in [0.25, 0.3) is 0 Å². The van der Waals surface area contributed by atoms with Gasteiger partial charge in [-0.3, -0.25) is 0 Å². The van der Waals surface area contributed by atoms with Gasteiger partial charge in [0, 0.05) is 19.1 Å². The van der Waals surface area contributed by atoms with Crippen LogP contribution in [0.25, 0.3) is 0 Å². The van der Waals surface area contributed by atoms with Crippen molar-refractivity contribution in [1.82, 2.24) is 5.32 Å². The van der Waals surface area contributed by atoms with Crippen LogP contribution in [0.4, 0.5) is 13.2 Å². The van der Waals surface area contributed by atoms with Crippen molar-refractivity contribution in [3.63, 3.8) is 0 Å². The second-order valence-electron chi connectivity index (χ2n) is 5.14. The highest BCUT2D eigenvalue weighted by Gasteiger charge is 2.31. The fourth-order valence-electron chi connectivity index (χ4n) is 2.57. The maximum absolute atomic E-state index is 12.0. The first-order valence-corrected chi connectivity index (χ1v) is 6.80. The molecule has 0 saturated heterocycles. The zero-order valence-corrected chi connectivity index (χ0v) is 11.2. The van der Waals surface area contributed by atoms with Gasteiger partial charge >= 0.3 is 6.18 Å². The van der Waals surface area contributed by atoms with E-state index in [1.807, 2.05) is 14.0 Å². The van der Waals surface area contributed by atoms with E-state index in [1.54, 1.807) is 0 Å². The van der Waals surface area contributed by atoms with E-state index in [0.29, 0.717) is 18.4 Å². The van der Waals surface area contributed by atoms with E-state index in [9.17, 15) is 13.2 Å². The zero-order valence-electron chi connectivity index (χ0n) is 11.2. The minimum atomic E-state index is -4.02. The van der Waals surface area contributed by atoms with Crippen molar-refractivity contribution in [3.05, 3.63) is 0 Å². The average Bonchev–Trinajstić information content (AvgIpc) is 2.22. The standard InChI is InChI=1S/C13H24F3NO/c1-3-18-12-8-10(9-12)7-11(17-2)5-4-6-13(14,15)16/h10-12,17H,3-9H2,1-2H3. The van der Waals surface area contributed by atoms with Crippen LogP contribution in [0.1, 0.15) is 45.4 Å². The first-order valence-electron chi connectivity index (χ1n) is 6.80. The summed E-state index contributed by atoms with van der Waals surface area (Å²) >= 11 is 0. The van der Waals surface area contributed by atoms with Crippen LogP contribution in [-0.2, 0) is 4.74 Å². The Bertz CT molecular complexity index is 227. The van der Waals surface area contributed by atoms with Gasteiger partial charge in [-0.2, -0.15) is 13.2 Å². The van der Waals surface area contributed by atoms with Crippen molar-refractivity contribution in [3.8, 4) is 0 Å². The van der Waals surface area contributed by atoms with Crippen molar-refractivity contribution in [1.29, 1.82) is 0 Å². The molecule has 0 aliphatic heterocycles. The Morgan fingerprint density at radius 3 is 2.50 bits per heavy atom. The van der Waals surface area contributed by atoms with Gasteiger partial charge in [-0.05, 0) is 52.0 Å². The molecule has 5 heteroatoms. The summed E-state index contributed by atoms with van der Waals surface area (Å²) in [5.74, 6) is 0.616. The van der Waals surface area contributed by atoms with Crippen LogP contribution in [0.5, 0.6) is 0 Å². The second kappa shape index (κ2) is 7.34. The number of rotatable bonds is 8. The van der Waals surface area contributed by atoms with Crippen LogP contribution >= 0.6 is 0 Å². The maximum atomic E-state index is 12.0. The van der Waals surface area contributed by atoms with Gasteiger partial charge in [0.05, 0.1) is 6.10 Å². The molecule has 0 aromatic rings. The van der Waals surface area contributed by atoms with Crippen LogP contribution in [0.15, 0.2) is 0 Å². The Kier molecular flexibility index (Phi) is 6.43. The first kappa shape index (κ1) is 15.8. The molecule has 0 amide bonds. The topological polar surface area (TPSA) is 21.3 Å². The molecule has 2 nitrogen and oxygen atoms in total. The molecule has 0 radical (unpaired) electrons. The summed E-state index contributed by atoms with van der Waals surface area (Å²) in [4.78, 5) is 0. The lowest BCUT2D eigenvalue weighted by Gasteiger charge is -2.37. The molecule has 18 heavy (non-hydrogen) atoms. The van der Waals surface area contributed by atoms with Crippen LogP contribution in [0.2, 0.25) is 0 Å². The number of ether oxygens (including phenoxy) is 1. The Labute approximate surface area is 107 Å². The van der Waals surface area contributed by atoms with Gasteiger partial charge in [0.1, 0.15) is 0 Å². The molecule has 108 valence electrons. The lowest BCUT2D eigenvalue weighted by atomic mass is 9.77. The third-order valence-corrected chi connectivity index (χ3v) is 3.63. The van der Waals surface area contributed by atoms with Crippen LogP contribution < -0.4 is 5.32 Å². The summed E-state index contributed by atoms with van der Waals surface area (Å²) in [5.41, 5.74) is 0. The van der Waals surface area contributed by atoms with Gasteiger partial charge in [-0.1, -0.05) is 0 Å². The Morgan fingerprint density at radius 1 is 1.33 bits per heavy atom. The Balaban J connectivity index is 2.11. The molecule has 0 heterocycles. The molecule has 1 aliphatic carbocycles. The third kappa shape index (κ3) is 6.05. The van der Waals surface area contributed by atoms with Crippen molar-refractivity contribution in [2.75, 3.05) is 13.7 Å². The highest BCUT2D eigenvalue weighted by Crippen LogP contribution is 2.34. The molecule has 0 aromatic heterocycles. The molecule has 1 saturated carbocycles. The quantitative estimate of drug-likeness (QED) is 0.726. The number of nitrogens with one attached hydrogen (secondary N) is 1. The third-order valence-electron chi connectivity index (χ3n) is 3.63. The van der Waals surface area contributed by atoms with E-state index < -0.39 is 12.6 Å². The van der Waals surface area contributed by atoms with E-state index >= 15 is 0 Å². The minimum absolute atomic E-state index is 0.208. The average molecular weight is 267 g/mol. The number of alkyl halides is 3. The summed E-state index contributed by atoms with van der Waals surface area (Å²) in [7, 11) is 1.83. The van der Waals surface area contributed by atoms with E-state index in [-0.39, 0.29) is 12.5 Å². The number of halogens is 3. The number of hydrogen-bond acceptors (Lipinski definition) is 2. The fourth-order valence-corrected chi connectivity index (χ4v) is 2.57. The summed E-state index contributed by atoms with van der Waals surface area (Å²) < 4.78 is 41.6. The molecule has 0 aromatic carbocycles. The van der Waals surface area contributed by atoms with E-state index in [4.69, 9.17) is 4.74 Å². The van der Waals surface area contributed by atoms with Crippen molar-refractivity contribution in [2.24, 2.45) is 5.92 Å². The molecule has 1 unspecified atom stereocenters. The van der Waals surface area contributed by atoms with Gasteiger partial charge < -0.3 is 10.1 Å². The summed E-state index contributed by atoms with van der Waals surface area (Å²) in [6.45, 7) is 2.74. The molecular formula is C13H24F3NO. The lowest BCUT2D eigenvalue weighted by Crippen LogP contribution is -2.37. The summed E-state index contributed by atoms with van der Waals surface area (Å²) in [6, 6.07) is 0.208. The minimum Gasteiger partial charge on any atom is -0.378 e. The lowest BCUT2D eigenvalue weighted by molar-refractivity contribution is -0.135. The van der Waals surface area contributed by atoms with Crippen molar-refractivity contribution in [2.45, 2.75) is 63.8 Å². The molecule has 1 N–H and O–H groups in total. The number of hydrogen-bond donors (Lipinski definition) is 1. The monoisotopic (exact) mass is 267 g/mol. The SMILES string of the molecule is CCOC1CC(CC(CCCC(F)(F)F)NC)C1. The molecule has 1 rings (SSSR count). The van der Waals surface area contributed by atoms with Gasteiger partial charge in [0.15, 0.2) is 0 Å².